The van der Waals surface area contributed by atoms with Crippen LogP contribution in [0, 0.1) is 20.9 Å². The van der Waals surface area contributed by atoms with Gasteiger partial charge >= 0.3 is 0 Å². The van der Waals surface area contributed by atoms with E-state index in [1.807, 2.05) is 6.07 Å². The van der Waals surface area contributed by atoms with Crippen LogP contribution >= 0.6 is 0 Å². The summed E-state index contributed by atoms with van der Waals surface area (Å²) in [5.74, 6) is 0.443. The molecule has 2 atom stereocenters. The van der Waals surface area contributed by atoms with Crippen LogP contribution in [0.5, 0.6) is 0 Å². The Hall–Kier alpha value is -1.79. The fraction of sp³-hybridized carbons (Fsp3) is 0.632. The number of carbonyl (C=O) groups excluding carboxylic acids is 1. The molecule has 4 bridgehead atoms. The number of Topliss-reactive ketones (excluding diaryl/α,β-unsaturated/α-hetero) is 1. The topological polar surface area (TPSA) is 66.7 Å². The van der Waals surface area contributed by atoms with Crippen molar-refractivity contribution in [3.63, 3.8) is 0 Å². The predicted molar refractivity (Wildman–Crippen MR) is 94.1 cm³/mol. The highest BCUT2D eigenvalue weighted by atomic mass is 16.6. The van der Waals surface area contributed by atoms with Gasteiger partial charge in [0.1, 0.15) is 5.78 Å². The van der Waals surface area contributed by atoms with E-state index in [0.29, 0.717) is 5.78 Å². The van der Waals surface area contributed by atoms with Crippen molar-refractivity contribution >= 4 is 11.5 Å². The van der Waals surface area contributed by atoms with Crippen LogP contribution in [0.2, 0.25) is 0 Å². The van der Waals surface area contributed by atoms with Gasteiger partial charge in [-0.25, -0.2) is 0 Å². The molecule has 4 heterocycles. The van der Waals surface area contributed by atoms with E-state index in [1.54, 1.807) is 12.1 Å². The number of hydrogen-bond acceptors (Lipinski definition) is 5. The minimum absolute atomic E-state index is 0.0517. The molecule has 4 fully saturated rings. The number of piperidine rings is 2. The highest BCUT2D eigenvalue weighted by molar-refractivity contribution is 5.93. The van der Waals surface area contributed by atoms with E-state index in [-0.39, 0.29) is 27.6 Å². The Kier molecular flexibility index (Phi) is 3.74. The lowest BCUT2D eigenvalue weighted by Gasteiger charge is -2.65. The summed E-state index contributed by atoms with van der Waals surface area (Å²) in [4.78, 5) is 28.7. The molecule has 4 aliphatic heterocycles. The van der Waals surface area contributed by atoms with Crippen LogP contribution in [0.25, 0.3) is 0 Å². The molecule has 6 heteroatoms. The summed E-state index contributed by atoms with van der Waals surface area (Å²) < 4.78 is 0. The molecule has 6 nitrogen and oxygen atoms in total. The standard InChI is InChI=1S/C19H25N3O3/c1-3-4-8-19-12-20-10-18(2,17(19)23)11-21(13-19)16(20)14-6-5-7-15(9-14)22(24)25/h5-7,9,16H,3-4,8,10-13H2,1-2H3. The van der Waals surface area contributed by atoms with E-state index in [4.69, 9.17) is 0 Å². The van der Waals surface area contributed by atoms with Crippen LogP contribution in [0.3, 0.4) is 0 Å². The Labute approximate surface area is 147 Å². The van der Waals surface area contributed by atoms with Crippen LogP contribution in [0.1, 0.15) is 44.8 Å². The zero-order chi connectivity index (χ0) is 17.8. The van der Waals surface area contributed by atoms with Crippen molar-refractivity contribution < 1.29 is 9.72 Å². The van der Waals surface area contributed by atoms with Crippen molar-refractivity contribution in [2.75, 3.05) is 26.2 Å². The molecule has 0 spiro atoms. The third kappa shape index (κ3) is 2.42. The van der Waals surface area contributed by atoms with Gasteiger partial charge in [-0.05, 0) is 12.0 Å². The summed E-state index contributed by atoms with van der Waals surface area (Å²) in [6.07, 6.45) is 3.17. The zero-order valence-corrected chi connectivity index (χ0v) is 14.9. The molecule has 4 aliphatic rings. The van der Waals surface area contributed by atoms with E-state index in [2.05, 4.69) is 23.6 Å². The van der Waals surface area contributed by atoms with Crippen LogP contribution in [0.4, 0.5) is 5.69 Å². The average molecular weight is 343 g/mol. The van der Waals surface area contributed by atoms with Gasteiger partial charge in [0, 0.05) is 38.3 Å². The third-order valence-electron chi connectivity index (χ3n) is 6.23. The molecule has 1 aromatic carbocycles. The molecule has 1 aromatic rings. The number of rotatable bonds is 5. The second-order valence-corrected chi connectivity index (χ2v) is 8.31. The highest BCUT2D eigenvalue weighted by Crippen LogP contribution is 2.54. The molecular weight excluding hydrogens is 318 g/mol. The van der Waals surface area contributed by atoms with Crippen molar-refractivity contribution in [1.82, 2.24) is 9.80 Å². The monoisotopic (exact) mass is 343 g/mol. The number of ketones is 1. The van der Waals surface area contributed by atoms with Crippen LogP contribution in [-0.4, -0.2) is 46.7 Å². The largest absolute Gasteiger partial charge is 0.298 e. The number of hydrogen-bond donors (Lipinski definition) is 0. The van der Waals surface area contributed by atoms with E-state index >= 15 is 0 Å². The highest BCUT2D eigenvalue weighted by Gasteiger charge is 2.63. The van der Waals surface area contributed by atoms with Gasteiger partial charge in [0.15, 0.2) is 0 Å². The first-order chi connectivity index (χ1) is 11.9. The van der Waals surface area contributed by atoms with Gasteiger partial charge in [0.2, 0.25) is 0 Å². The first-order valence-corrected chi connectivity index (χ1v) is 9.16. The summed E-state index contributed by atoms with van der Waals surface area (Å²) in [6.45, 7) is 7.33. The Balaban J connectivity index is 1.69. The second kappa shape index (κ2) is 5.61. The van der Waals surface area contributed by atoms with Gasteiger partial charge in [-0.3, -0.25) is 24.7 Å². The molecule has 5 rings (SSSR count). The predicted octanol–water partition coefficient (Wildman–Crippen LogP) is 2.99. The van der Waals surface area contributed by atoms with Gasteiger partial charge in [0.05, 0.1) is 21.9 Å². The summed E-state index contributed by atoms with van der Waals surface area (Å²) in [6, 6.07) is 6.97. The van der Waals surface area contributed by atoms with Crippen molar-refractivity contribution in [2.24, 2.45) is 10.8 Å². The fourth-order valence-electron chi connectivity index (χ4n) is 5.40. The lowest BCUT2D eigenvalue weighted by atomic mass is 9.59. The van der Waals surface area contributed by atoms with Gasteiger partial charge in [-0.15, -0.1) is 0 Å². The van der Waals surface area contributed by atoms with Crippen LogP contribution in [-0.2, 0) is 4.79 Å². The van der Waals surface area contributed by atoms with E-state index < -0.39 is 0 Å². The molecule has 0 saturated carbocycles. The lowest BCUT2D eigenvalue weighted by Crippen LogP contribution is -2.76. The molecule has 134 valence electrons. The molecule has 0 N–H and O–H groups in total. The number of non-ortho nitro benzene ring substituents is 1. The number of nitrogens with zero attached hydrogens (tertiary/aromatic N) is 3. The quantitative estimate of drug-likeness (QED) is 0.607. The average Bonchev–Trinajstić information content (AvgIpc) is 2.57. The van der Waals surface area contributed by atoms with E-state index in [9.17, 15) is 14.9 Å². The molecule has 4 saturated heterocycles. The summed E-state index contributed by atoms with van der Waals surface area (Å²) in [5, 5.41) is 11.1. The summed E-state index contributed by atoms with van der Waals surface area (Å²) in [5.41, 5.74) is 0.548. The number of nitro benzene ring substituents is 1. The maximum absolute atomic E-state index is 13.2. The number of carbonyl (C=O) groups is 1. The van der Waals surface area contributed by atoms with Crippen molar-refractivity contribution in [3.8, 4) is 0 Å². The van der Waals surface area contributed by atoms with E-state index in [1.165, 1.54) is 6.07 Å². The molecular formula is C19H25N3O3. The van der Waals surface area contributed by atoms with Gasteiger partial charge in [-0.2, -0.15) is 0 Å². The van der Waals surface area contributed by atoms with Crippen molar-refractivity contribution in [3.05, 3.63) is 39.9 Å². The minimum Gasteiger partial charge on any atom is -0.298 e. The minimum atomic E-state index is -0.335. The second-order valence-electron chi connectivity index (χ2n) is 8.31. The summed E-state index contributed by atoms with van der Waals surface area (Å²) >= 11 is 0. The van der Waals surface area contributed by atoms with Crippen molar-refractivity contribution in [2.45, 2.75) is 39.3 Å². The Bertz CT molecular complexity index is 716. The molecule has 25 heavy (non-hydrogen) atoms. The smallest absolute Gasteiger partial charge is 0.269 e. The number of nitro groups is 1. The van der Waals surface area contributed by atoms with Crippen molar-refractivity contribution in [1.29, 1.82) is 0 Å². The Morgan fingerprint density at radius 1 is 1.24 bits per heavy atom. The molecule has 0 amide bonds. The number of benzene rings is 1. The lowest BCUT2D eigenvalue weighted by molar-refractivity contribution is -0.385. The normalized spacial score (nSPS) is 39.0. The van der Waals surface area contributed by atoms with Gasteiger partial charge in [0.25, 0.3) is 5.69 Å². The van der Waals surface area contributed by atoms with E-state index in [0.717, 1.165) is 51.0 Å². The molecule has 0 radical (unpaired) electrons. The Morgan fingerprint density at radius 2 is 1.92 bits per heavy atom. The van der Waals surface area contributed by atoms with Gasteiger partial charge in [-0.1, -0.05) is 38.8 Å². The first-order valence-electron chi connectivity index (χ1n) is 9.16. The first kappa shape index (κ1) is 16.7. The van der Waals surface area contributed by atoms with Crippen LogP contribution < -0.4 is 0 Å². The van der Waals surface area contributed by atoms with Gasteiger partial charge < -0.3 is 0 Å². The molecule has 0 aromatic heterocycles. The number of unbranched alkanes of at least 4 members (excludes halogenated alkanes) is 1. The van der Waals surface area contributed by atoms with Crippen LogP contribution in [0.15, 0.2) is 24.3 Å². The Morgan fingerprint density at radius 3 is 2.52 bits per heavy atom. The maximum Gasteiger partial charge on any atom is 0.269 e. The molecule has 2 unspecified atom stereocenters. The summed E-state index contributed by atoms with van der Waals surface area (Å²) in [7, 11) is 0. The fourth-order valence-corrected chi connectivity index (χ4v) is 5.40. The molecule has 0 aliphatic carbocycles. The SMILES string of the molecule is CCCCC12CN3CC(C)(CN(C1)C3c1cccc([N+](=O)[O-])c1)C2=O. The zero-order valence-electron chi connectivity index (χ0n) is 14.9. The third-order valence-corrected chi connectivity index (χ3v) is 6.23. The maximum atomic E-state index is 13.2.